The molecule has 0 fully saturated rings. The zero-order valence-corrected chi connectivity index (χ0v) is 12.0. The molecular formula is C13H14BrNO4. The lowest BCUT2D eigenvalue weighted by Crippen LogP contribution is -2.30. The molecule has 0 aromatic heterocycles. The van der Waals surface area contributed by atoms with Gasteiger partial charge >= 0.3 is 5.97 Å². The van der Waals surface area contributed by atoms with E-state index in [9.17, 15) is 14.4 Å². The Morgan fingerprint density at radius 2 is 1.79 bits per heavy atom. The van der Waals surface area contributed by atoms with Crippen molar-refractivity contribution in [2.45, 2.75) is 25.9 Å². The predicted octanol–water partition coefficient (Wildman–Crippen LogP) is 1.83. The second-order valence-electron chi connectivity index (χ2n) is 3.96. The molecule has 0 aliphatic heterocycles. The van der Waals surface area contributed by atoms with E-state index in [1.807, 2.05) is 0 Å². The number of amides is 1. The van der Waals surface area contributed by atoms with Gasteiger partial charge in [-0.15, -0.1) is 0 Å². The van der Waals surface area contributed by atoms with Gasteiger partial charge in [-0.3, -0.25) is 14.4 Å². The van der Waals surface area contributed by atoms with Crippen LogP contribution < -0.4 is 5.73 Å². The van der Waals surface area contributed by atoms with Gasteiger partial charge in [-0.1, -0.05) is 28.1 Å². The first-order valence-corrected chi connectivity index (χ1v) is 6.47. The summed E-state index contributed by atoms with van der Waals surface area (Å²) < 4.78 is 5.62. The van der Waals surface area contributed by atoms with Gasteiger partial charge in [0.05, 0.1) is 6.42 Å². The van der Waals surface area contributed by atoms with E-state index in [4.69, 9.17) is 10.5 Å². The fourth-order valence-corrected chi connectivity index (χ4v) is 1.57. The number of carbonyl (C=O) groups is 3. The van der Waals surface area contributed by atoms with E-state index in [1.54, 1.807) is 24.3 Å². The Morgan fingerprint density at radius 1 is 1.21 bits per heavy atom. The third kappa shape index (κ3) is 5.21. The van der Waals surface area contributed by atoms with Crippen molar-refractivity contribution in [1.29, 1.82) is 0 Å². The molecule has 102 valence electrons. The molecule has 0 spiro atoms. The van der Waals surface area contributed by atoms with E-state index in [-0.39, 0.29) is 18.6 Å². The summed E-state index contributed by atoms with van der Waals surface area (Å²) in [5, 5.41) is 0. The van der Waals surface area contributed by atoms with Crippen molar-refractivity contribution >= 4 is 33.6 Å². The summed E-state index contributed by atoms with van der Waals surface area (Å²) in [5.41, 5.74) is 5.48. The number of primary amides is 1. The van der Waals surface area contributed by atoms with E-state index in [2.05, 4.69) is 15.9 Å². The van der Waals surface area contributed by atoms with Gasteiger partial charge in [0.2, 0.25) is 0 Å². The molecule has 0 saturated heterocycles. The minimum absolute atomic E-state index is 0.0337. The SMILES string of the molecule is C[C@H](OC(=O)CCC(=O)c1ccc(Br)cc1)C(N)=O. The Balaban J connectivity index is 2.44. The highest BCUT2D eigenvalue weighted by molar-refractivity contribution is 9.10. The van der Waals surface area contributed by atoms with Gasteiger partial charge in [0.1, 0.15) is 0 Å². The highest BCUT2D eigenvalue weighted by atomic mass is 79.9. The molecule has 19 heavy (non-hydrogen) atoms. The van der Waals surface area contributed by atoms with Crippen LogP contribution in [0.3, 0.4) is 0 Å². The maximum Gasteiger partial charge on any atom is 0.307 e. The first-order chi connectivity index (χ1) is 8.90. The molecule has 1 rings (SSSR count). The van der Waals surface area contributed by atoms with Crippen molar-refractivity contribution < 1.29 is 19.1 Å². The first-order valence-electron chi connectivity index (χ1n) is 5.67. The van der Waals surface area contributed by atoms with Gasteiger partial charge in [0.25, 0.3) is 5.91 Å². The summed E-state index contributed by atoms with van der Waals surface area (Å²) in [6.07, 6.45) is -1.02. The summed E-state index contributed by atoms with van der Waals surface area (Å²) >= 11 is 3.27. The number of esters is 1. The summed E-state index contributed by atoms with van der Waals surface area (Å²) in [7, 11) is 0. The lowest BCUT2D eigenvalue weighted by Gasteiger charge is -2.09. The summed E-state index contributed by atoms with van der Waals surface area (Å²) in [5.74, 6) is -1.49. The Bertz CT molecular complexity index is 484. The zero-order valence-electron chi connectivity index (χ0n) is 10.4. The fourth-order valence-electron chi connectivity index (χ4n) is 1.31. The highest BCUT2D eigenvalue weighted by Crippen LogP contribution is 2.13. The fraction of sp³-hybridized carbons (Fsp3) is 0.308. The molecule has 0 bridgehead atoms. The van der Waals surface area contributed by atoms with Crippen LogP contribution in [-0.2, 0) is 14.3 Å². The van der Waals surface area contributed by atoms with Crippen molar-refractivity contribution in [3.63, 3.8) is 0 Å². The van der Waals surface area contributed by atoms with Crippen LogP contribution >= 0.6 is 15.9 Å². The number of ketones is 1. The van der Waals surface area contributed by atoms with Gasteiger partial charge < -0.3 is 10.5 Å². The minimum Gasteiger partial charge on any atom is -0.453 e. The lowest BCUT2D eigenvalue weighted by molar-refractivity contribution is -0.153. The molecule has 1 atom stereocenters. The van der Waals surface area contributed by atoms with Crippen molar-refractivity contribution in [3.05, 3.63) is 34.3 Å². The van der Waals surface area contributed by atoms with E-state index < -0.39 is 18.0 Å². The second kappa shape index (κ2) is 7.04. The predicted molar refractivity (Wildman–Crippen MR) is 72.5 cm³/mol. The topological polar surface area (TPSA) is 86.5 Å². The molecule has 0 radical (unpaired) electrons. The number of nitrogens with two attached hydrogens (primary N) is 1. The summed E-state index contributed by atoms with van der Waals surface area (Å²) in [4.78, 5) is 33.8. The van der Waals surface area contributed by atoms with Crippen LogP contribution in [0.1, 0.15) is 30.1 Å². The average Bonchev–Trinajstić information content (AvgIpc) is 2.36. The number of rotatable bonds is 6. The standard InChI is InChI=1S/C13H14BrNO4/c1-8(13(15)18)19-12(17)7-6-11(16)9-2-4-10(14)5-3-9/h2-5,8H,6-7H2,1H3,(H2,15,18)/t8-/m0/s1. The van der Waals surface area contributed by atoms with Crippen LogP contribution in [0, 0.1) is 0 Å². The Hall–Kier alpha value is -1.69. The maximum absolute atomic E-state index is 11.8. The first kappa shape index (κ1) is 15.4. The van der Waals surface area contributed by atoms with Gasteiger partial charge in [0, 0.05) is 16.5 Å². The van der Waals surface area contributed by atoms with E-state index >= 15 is 0 Å². The largest absolute Gasteiger partial charge is 0.453 e. The molecule has 1 amide bonds. The highest BCUT2D eigenvalue weighted by Gasteiger charge is 2.16. The van der Waals surface area contributed by atoms with Crippen LogP contribution in [0.15, 0.2) is 28.7 Å². The number of ether oxygens (including phenoxy) is 1. The van der Waals surface area contributed by atoms with Gasteiger partial charge in [0.15, 0.2) is 11.9 Å². The summed E-state index contributed by atoms with van der Waals surface area (Å²) in [6, 6.07) is 6.84. The van der Waals surface area contributed by atoms with E-state index in [1.165, 1.54) is 6.92 Å². The third-order valence-corrected chi connectivity index (χ3v) is 2.96. The number of hydrogen-bond donors (Lipinski definition) is 1. The van der Waals surface area contributed by atoms with Crippen molar-refractivity contribution in [3.8, 4) is 0 Å². The third-order valence-electron chi connectivity index (χ3n) is 2.43. The van der Waals surface area contributed by atoms with Gasteiger partial charge in [-0.05, 0) is 19.1 Å². The molecule has 5 nitrogen and oxygen atoms in total. The smallest absolute Gasteiger partial charge is 0.307 e. The molecule has 1 aromatic rings. The Labute approximate surface area is 119 Å². The van der Waals surface area contributed by atoms with Crippen molar-refractivity contribution in [2.75, 3.05) is 0 Å². The van der Waals surface area contributed by atoms with Crippen LogP contribution in [0.2, 0.25) is 0 Å². The monoisotopic (exact) mass is 327 g/mol. The van der Waals surface area contributed by atoms with Crippen LogP contribution in [0.5, 0.6) is 0 Å². The van der Waals surface area contributed by atoms with Crippen LogP contribution in [-0.4, -0.2) is 23.8 Å². The number of Topliss-reactive ketones (excluding diaryl/α,β-unsaturated/α-hetero) is 1. The summed E-state index contributed by atoms with van der Waals surface area (Å²) in [6.45, 7) is 1.39. The number of carbonyl (C=O) groups excluding carboxylic acids is 3. The van der Waals surface area contributed by atoms with Gasteiger partial charge in [-0.2, -0.15) is 0 Å². The molecule has 2 N–H and O–H groups in total. The average molecular weight is 328 g/mol. The molecule has 1 aromatic carbocycles. The normalized spacial score (nSPS) is 11.7. The Kier molecular flexibility index (Phi) is 5.69. The second-order valence-corrected chi connectivity index (χ2v) is 4.88. The van der Waals surface area contributed by atoms with E-state index in [0.717, 1.165) is 4.47 Å². The lowest BCUT2D eigenvalue weighted by atomic mass is 10.1. The molecule has 0 heterocycles. The van der Waals surface area contributed by atoms with Crippen LogP contribution in [0.4, 0.5) is 0 Å². The van der Waals surface area contributed by atoms with Crippen molar-refractivity contribution in [2.24, 2.45) is 5.73 Å². The molecule has 0 aliphatic rings. The van der Waals surface area contributed by atoms with E-state index in [0.29, 0.717) is 5.56 Å². The number of benzene rings is 1. The minimum atomic E-state index is -0.977. The van der Waals surface area contributed by atoms with Crippen LogP contribution in [0.25, 0.3) is 0 Å². The molecule has 0 unspecified atom stereocenters. The van der Waals surface area contributed by atoms with Crippen molar-refractivity contribution in [1.82, 2.24) is 0 Å². The zero-order chi connectivity index (χ0) is 14.4. The van der Waals surface area contributed by atoms with Gasteiger partial charge in [-0.25, -0.2) is 0 Å². The molecular weight excluding hydrogens is 314 g/mol. The Morgan fingerprint density at radius 3 is 2.32 bits per heavy atom. The molecule has 6 heteroatoms. The molecule has 0 saturated carbocycles. The number of halogens is 1. The maximum atomic E-state index is 11.8. The quantitative estimate of drug-likeness (QED) is 0.637. The molecule has 0 aliphatic carbocycles. The number of hydrogen-bond acceptors (Lipinski definition) is 4.